The number of hydrogen-bond donors (Lipinski definition) is 0. The molecule has 3 aromatic rings. The highest BCUT2D eigenvalue weighted by atomic mass is 32.2. The lowest BCUT2D eigenvalue weighted by atomic mass is 10.1. The van der Waals surface area contributed by atoms with Crippen LogP contribution in [0.15, 0.2) is 40.2 Å². The second-order valence-corrected chi connectivity index (χ2v) is 9.13. The molecule has 4 heterocycles. The molecule has 9 heteroatoms. The molecular weight excluding hydrogens is 416 g/mol. The van der Waals surface area contributed by atoms with Gasteiger partial charge in [-0.25, -0.2) is 14.8 Å². The highest BCUT2D eigenvalue weighted by Gasteiger charge is 2.26. The first kappa shape index (κ1) is 22.9. The smallest absolute Gasteiger partial charge is 0.410 e. The Morgan fingerprint density at radius 3 is 2.74 bits per heavy atom. The van der Waals surface area contributed by atoms with Crippen LogP contribution < -0.4 is 0 Å². The van der Waals surface area contributed by atoms with Gasteiger partial charge in [-0.15, -0.1) is 11.8 Å². The quantitative estimate of drug-likeness (QED) is 0.560. The van der Waals surface area contributed by atoms with Crippen LogP contribution in [0.1, 0.15) is 38.6 Å². The summed E-state index contributed by atoms with van der Waals surface area (Å²) in [7, 11) is 0. The molecule has 0 fully saturated rings. The number of rotatable bonds is 3. The highest BCUT2D eigenvalue weighted by Crippen LogP contribution is 2.30. The van der Waals surface area contributed by atoms with Gasteiger partial charge in [-0.1, -0.05) is 6.08 Å². The summed E-state index contributed by atoms with van der Waals surface area (Å²) in [4.78, 5) is 23.7. The molecule has 31 heavy (non-hydrogen) atoms. The van der Waals surface area contributed by atoms with Crippen LogP contribution in [0.25, 0.3) is 22.5 Å². The van der Waals surface area contributed by atoms with E-state index in [2.05, 4.69) is 11.1 Å². The van der Waals surface area contributed by atoms with Crippen molar-refractivity contribution < 1.29 is 19.4 Å². The third-order valence-corrected chi connectivity index (χ3v) is 5.47. The number of aromatic nitrogens is 3. The van der Waals surface area contributed by atoms with E-state index < -0.39 is 5.60 Å². The molecule has 1 amide bonds. The lowest BCUT2D eigenvalue weighted by molar-refractivity contribution is 0.0273. The van der Waals surface area contributed by atoms with Gasteiger partial charge in [-0.2, -0.15) is 0 Å². The molecule has 0 aliphatic carbocycles. The maximum atomic E-state index is 12.6. The van der Waals surface area contributed by atoms with Gasteiger partial charge in [0.2, 0.25) is 0 Å². The molecule has 0 atom stereocenters. The van der Waals surface area contributed by atoms with Crippen LogP contribution in [0.2, 0.25) is 0 Å². The van der Waals surface area contributed by atoms with Crippen molar-refractivity contribution in [2.45, 2.75) is 44.7 Å². The number of thioether (sulfide) groups is 1. The van der Waals surface area contributed by atoms with Crippen molar-refractivity contribution in [2.75, 3.05) is 19.3 Å². The minimum atomic E-state index is -0.518. The first-order valence-electron chi connectivity index (χ1n) is 9.90. The Morgan fingerprint density at radius 2 is 2.10 bits per heavy atom. The Morgan fingerprint density at radius 1 is 1.32 bits per heavy atom. The number of fused-ring (bicyclic) bond motifs is 1. The maximum Gasteiger partial charge on any atom is 0.410 e. The summed E-state index contributed by atoms with van der Waals surface area (Å²) in [6.45, 7) is 8.67. The van der Waals surface area contributed by atoms with Gasteiger partial charge >= 0.3 is 6.09 Å². The molecule has 8 nitrogen and oxygen atoms in total. The lowest BCUT2D eigenvalue weighted by Gasteiger charge is -2.30. The van der Waals surface area contributed by atoms with E-state index in [-0.39, 0.29) is 11.6 Å². The Kier molecular flexibility index (Phi) is 6.47. The third-order valence-electron chi connectivity index (χ3n) is 4.81. The van der Waals surface area contributed by atoms with Crippen LogP contribution in [0.3, 0.4) is 0 Å². The standard InChI is InChI=1S/C22H26N4O3S.H2O/c1-14-9-16(13-28-14)18-10-23-19-20(30-5)24-17(12-26(18)19)15-7-6-8-25(11-15)21(27)29-22(2,3)4;/h7,9-10,12-13H,6,8,11H2,1-5H3;1H2. The van der Waals surface area contributed by atoms with Crippen molar-refractivity contribution in [3.05, 3.63) is 42.3 Å². The Hall–Kier alpha value is -2.78. The van der Waals surface area contributed by atoms with Crippen molar-refractivity contribution >= 4 is 29.1 Å². The van der Waals surface area contributed by atoms with Gasteiger partial charge in [-0.05, 0) is 52.0 Å². The topological polar surface area (TPSA) is 104 Å². The summed E-state index contributed by atoms with van der Waals surface area (Å²) in [5.41, 5.74) is 4.04. The molecule has 0 unspecified atom stereocenters. The first-order valence-corrected chi connectivity index (χ1v) is 11.1. The molecule has 2 N–H and O–H groups in total. The summed E-state index contributed by atoms with van der Waals surface area (Å²) in [6.07, 6.45) is 10.2. The molecule has 4 rings (SSSR count). The van der Waals surface area contributed by atoms with Crippen molar-refractivity contribution in [3.8, 4) is 11.3 Å². The number of carbonyl (C=O) groups excluding carboxylic acids is 1. The maximum absolute atomic E-state index is 12.6. The molecule has 0 saturated carbocycles. The second kappa shape index (κ2) is 8.76. The molecular formula is C22H28N4O4S. The zero-order chi connectivity index (χ0) is 21.5. The zero-order valence-corrected chi connectivity index (χ0v) is 19.2. The number of nitrogens with zero attached hydrogens (tertiary/aromatic N) is 4. The summed E-state index contributed by atoms with van der Waals surface area (Å²) >= 11 is 1.55. The van der Waals surface area contributed by atoms with Gasteiger partial charge in [0, 0.05) is 18.3 Å². The van der Waals surface area contributed by atoms with E-state index >= 15 is 0 Å². The number of amides is 1. The minimum absolute atomic E-state index is 0. The Labute approximate surface area is 185 Å². The summed E-state index contributed by atoms with van der Waals surface area (Å²) in [5.74, 6) is 0.849. The largest absolute Gasteiger partial charge is 0.469 e. The summed E-state index contributed by atoms with van der Waals surface area (Å²) in [6, 6.07) is 1.99. The fraction of sp³-hybridized carbons (Fsp3) is 0.409. The van der Waals surface area contributed by atoms with Gasteiger partial charge in [0.15, 0.2) is 5.65 Å². The lowest BCUT2D eigenvalue weighted by Crippen LogP contribution is -2.39. The van der Waals surface area contributed by atoms with E-state index in [4.69, 9.17) is 14.1 Å². The number of aryl methyl sites for hydroxylation is 1. The van der Waals surface area contributed by atoms with E-state index in [0.717, 1.165) is 45.4 Å². The molecule has 3 aromatic heterocycles. The third kappa shape index (κ3) is 4.77. The first-order chi connectivity index (χ1) is 14.2. The van der Waals surface area contributed by atoms with Gasteiger partial charge in [0.25, 0.3) is 0 Å². The molecule has 1 aliphatic rings. The normalized spacial score (nSPS) is 14.4. The van der Waals surface area contributed by atoms with Gasteiger partial charge < -0.3 is 19.5 Å². The van der Waals surface area contributed by atoms with Crippen LogP contribution in [-0.4, -0.2) is 55.8 Å². The molecule has 0 aromatic carbocycles. The minimum Gasteiger partial charge on any atom is -0.469 e. The molecule has 0 radical (unpaired) electrons. The SMILES string of the molecule is CSc1nc(C2=CCCN(C(=O)OC(C)(C)C)C2)cn2c(-c3coc(C)c3)cnc12.O. The monoisotopic (exact) mass is 444 g/mol. The second-order valence-electron chi connectivity index (χ2n) is 8.34. The molecule has 1 aliphatic heterocycles. The average Bonchev–Trinajstić information content (AvgIpc) is 3.31. The molecule has 0 bridgehead atoms. The van der Waals surface area contributed by atoms with Crippen LogP contribution in [0.4, 0.5) is 4.79 Å². The predicted octanol–water partition coefficient (Wildman–Crippen LogP) is 4.22. The van der Waals surface area contributed by atoms with E-state index in [0.29, 0.717) is 13.1 Å². The van der Waals surface area contributed by atoms with E-state index in [1.165, 1.54) is 0 Å². The summed E-state index contributed by atoms with van der Waals surface area (Å²) in [5, 5.41) is 0.842. The van der Waals surface area contributed by atoms with E-state index in [1.807, 2.05) is 56.8 Å². The van der Waals surface area contributed by atoms with Crippen LogP contribution >= 0.6 is 11.8 Å². The van der Waals surface area contributed by atoms with Gasteiger partial charge in [0.1, 0.15) is 22.7 Å². The number of hydrogen-bond acceptors (Lipinski definition) is 6. The van der Waals surface area contributed by atoms with E-state index in [9.17, 15) is 4.79 Å². The average molecular weight is 445 g/mol. The van der Waals surface area contributed by atoms with Crippen molar-refractivity contribution in [3.63, 3.8) is 0 Å². The fourth-order valence-electron chi connectivity index (χ4n) is 3.46. The van der Waals surface area contributed by atoms with Crippen molar-refractivity contribution in [1.29, 1.82) is 0 Å². The van der Waals surface area contributed by atoms with Crippen molar-refractivity contribution in [2.24, 2.45) is 0 Å². The number of imidazole rings is 1. The Bertz CT molecular complexity index is 1130. The van der Waals surface area contributed by atoms with Gasteiger partial charge in [0.05, 0.1) is 24.1 Å². The van der Waals surface area contributed by atoms with Gasteiger partial charge in [-0.3, -0.25) is 4.40 Å². The molecule has 0 saturated heterocycles. The Balaban J connectivity index is 0.00000272. The number of carbonyl (C=O) groups is 1. The molecule has 166 valence electrons. The van der Waals surface area contributed by atoms with Crippen molar-refractivity contribution in [1.82, 2.24) is 19.3 Å². The van der Waals surface area contributed by atoms with Crippen LogP contribution in [0, 0.1) is 6.92 Å². The number of ether oxygens (including phenoxy) is 1. The van der Waals surface area contributed by atoms with E-state index in [1.54, 1.807) is 22.9 Å². The number of furan rings is 1. The highest BCUT2D eigenvalue weighted by molar-refractivity contribution is 7.98. The molecule has 0 spiro atoms. The predicted molar refractivity (Wildman–Crippen MR) is 121 cm³/mol. The zero-order valence-electron chi connectivity index (χ0n) is 18.4. The van der Waals surface area contributed by atoms with Crippen LogP contribution in [0.5, 0.6) is 0 Å². The van der Waals surface area contributed by atoms with Crippen LogP contribution in [-0.2, 0) is 4.74 Å². The summed E-state index contributed by atoms with van der Waals surface area (Å²) < 4.78 is 13.1. The fourth-order valence-corrected chi connectivity index (χ4v) is 3.98.